The Balaban J connectivity index is 2.15. The third-order valence-corrected chi connectivity index (χ3v) is 2.74. The van der Waals surface area contributed by atoms with Gasteiger partial charge >= 0.3 is 0 Å². The summed E-state index contributed by atoms with van der Waals surface area (Å²) in [6, 6.07) is 0. The van der Waals surface area contributed by atoms with Crippen molar-refractivity contribution in [2.24, 2.45) is 0 Å². The second-order valence-electron chi connectivity index (χ2n) is 3.89. The molecule has 0 radical (unpaired) electrons. The van der Waals surface area contributed by atoms with E-state index in [9.17, 15) is 0 Å². The first-order chi connectivity index (χ1) is 8.09. The van der Waals surface area contributed by atoms with Gasteiger partial charge in [0, 0.05) is 17.7 Å². The van der Waals surface area contributed by atoms with Gasteiger partial charge in [-0.25, -0.2) is 9.97 Å². The SMILES string of the molecule is Cc1noc(C)c1CNc1ncnc(N)c1C. The summed E-state index contributed by atoms with van der Waals surface area (Å²) < 4.78 is 5.09. The van der Waals surface area contributed by atoms with Gasteiger partial charge in [-0.3, -0.25) is 0 Å². The molecule has 0 aliphatic heterocycles. The van der Waals surface area contributed by atoms with Crippen LogP contribution in [0, 0.1) is 20.8 Å². The van der Waals surface area contributed by atoms with E-state index in [4.69, 9.17) is 10.3 Å². The van der Waals surface area contributed by atoms with E-state index in [1.807, 2.05) is 20.8 Å². The maximum absolute atomic E-state index is 5.71. The van der Waals surface area contributed by atoms with Gasteiger partial charge in [-0.1, -0.05) is 5.16 Å². The van der Waals surface area contributed by atoms with E-state index in [0.29, 0.717) is 12.4 Å². The minimum absolute atomic E-state index is 0.487. The lowest BCUT2D eigenvalue weighted by molar-refractivity contribution is 0.392. The van der Waals surface area contributed by atoms with Gasteiger partial charge in [-0.15, -0.1) is 0 Å². The molecular formula is C11H15N5O. The third-order valence-electron chi connectivity index (χ3n) is 2.74. The highest BCUT2D eigenvalue weighted by Crippen LogP contribution is 2.18. The van der Waals surface area contributed by atoms with Crippen molar-refractivity contribution in [2.75, 3.05) is 11.1 Å². The molecular weight excluding hydrogens is 218 g/mol. The number of anilines is 2. The normalized spacial score (nSPS) is 10.5. The minimum atomic E-state index is 0.487. The largest absolute Gasteiger partial charge is 0.383 e. The van der Waals surface area contributed by atoms with Crippen LogP contribution < -0.4 is 11.1 Å². The van der Waals surface area contributed by atoms with Gasteiger partial charge in [0.05, 0.1) is 5.69 Å². The van der Waals surface area contributed by atoms with Crippen LogP contribution in [-0.2, 0) is 6.54 Å². The van der Waals surface area contributed by atoms with E-state index >= 15 is 0 Å². The maximum atomic E-state index is 5.71. The summed E-state index contributed by atoms with van der Waals surface area (Å²) >= 11 is 0. The van der Waals surface area contributed by atoms with E-state index in [2.05, 4.69) is 20.4 Å². The topological polar surface area (TPSA) is 89.9 Å². The number of hydrogen-bond donors (Lipinski definition) is 2. The van der Waals surface area contributed by atoms with Crippen molar-refractivity contribution in [2.45, 2.75) is 27.3 Å². The predicted molar refractivity (Wildman–Crippen MR) is 64.5 cm³/mol. The summed E-state index contributed by atoms with van der Waals surface area (Å²) in [5.41, 5.74) is 8.48. The van der Waals surface area contributed by atoms with Gasteiger partial charge in [0.1, 0.15) is 23.7 Å². The fourth-order valence-corrected chi connectivity index (χ4v) is 1.57. The Hall–Kier alpha value is -2.11. The van der Waals surface area contributed by atoms with Crippen LogP contribution in [-0.4, -0.2) is 15.1 Å². The molecule has 0 amide bonds. The molecule has 0 unspecified atom stereocenters. The molecule has 2 rings (SSSR count). The van der Waals surface area contributed by atoms with Crippen molar-refractivity contribution in [3.05, 3.63) is 28.9 Å². The average molecular weight is 233 g/mol. The Bertz CT molecular complexity index is 515. The number of nitrogen functional groups attached to an aromatic ring is 1. The molecule has 2 aromatic rings. The number of hydrogen-bond acceptors (Lipinski definition) is 6. The van der Waals surface area contributed by atoms with E-state index in [-0.39, 0.29) is 0 Å². The second-order valence-corrected chi connectivity index (χ2v) is 3.89. The van der Waals surface area contributed by atoms with Crippen LogP contribution in [0.1, 0.15) is 22.6 Å². The third kappa shape index (κ3) is 2.20. The van der Waals surface area contributed by atoms with Gasteiger partial charge in [-0.2, -0.15) is 0 Å². The van der Waals surface area contributed by atoms with E-state index in [1.54, 1.807) is 0 Å². The fourth-order valence-electron chi connectivity index (χ4n) is 1.57. The quantitative estimate of drug-likeness (QED) is 0.836. The highest BCUT2D eigenvalue weighted by Gasteiger charge is 2.10. The van der Waals surface area contributed by atoms with Crippen molar-refractivity contribution >= 4 is 11.6 Å². The van der Waals surface area contributed by atoms with Gasteiger partial charge in [0.2, 0.25) is 0 Å². The van der Waals surface area contributed by atoms with Crippen molar-refractivity contribution in [1.82, 2.24) is 15.1 Å². The molecule has 2 heterocycles. The summed E-state index contributed by atoms with van der Waals surface area (Å²) in [6.45, 7) is 6.29. The summed E-state index contributed by atoms with van der Waals surface area (Å²) in [6.07, 6.45) is 1.44. The molecule has 6 nitrogen and oxygen atoms in total. The zero-order chi connectivity index (χ0) is 12.4. The molecule has 17 heavy (non-hydrogen) atoms. The first kappa shape index (κ1) is 11.4. The molecule has 0 aliphatic rings. The number of rotatable bonds is 3. The summed E-state index contributed by atoms with van der Waals surface area (Å²) in [5, 5.41) is 7.10. The Morgan fingerprint density at radius 2 is 2.06 bits per heavy atom. The van der Waals surface area contributed by atoms with Crippen LogP contribution in [0.3, 0.4) is 0 Å². The molecule has 3 N–H and O–H groups in total. The Morgan fingerprint density at radius 1 is 1.29 bits per heavy atom. The van der Waals surface area contributed by atoms with Gasteiger partial charge in [0.15, 0.2) is 0 Å². The lowest BCUT2D eigenvalue weighted by atomic mass is 10.2. The Labute approximate surface area is 99.2 Å². The number of aromatic nitrogens is 3. The molecule has 0 spiro atoms. The molecule has 0 fully saturated rings. The van der Waals surface area contributed by atoms with E-state index < -0.39 is 0 Å². The van der Waals surface area contributed by atoms with Crippen LogP contribution in [0.2, 0.25) is 0 Å². The molecule has 90 valence electrons. The van der Waals surface area contributed by atoms with Gasteiger partial charge in [0.25, 0.3) is 0 Å². The summed E-state index contributed by atoms with van der Waals surface area (Å²) in [5.74, 6) is 2.04. The molecule has 0 bridgehead atoms. The fraction of sp³-hybridized carbons (Fsp3) is 0.364. The zero-order valence-electron chi connectivity index (χ0n) is 10.1. The van der Waals surface area contributed by atoms with Crippen LogP contribution in [0.15, 0.2) is 10.9 Å². The monoisotopic (exact) mass is 233 g/mol. The van der Waals surface area contributed by atoms with Crippen LogP contribution in [0.4, 0.5) is 11.6 Å². The first-order valence-electron chi connectivity index (χ1n) is 5.32. The van der Waals surface area contributed by atoms with Crippen molar-refractivity contribution < 1.29 is 4.52 Å². The lowest BCUT2D eigenvalue weighted by Gasteiger charge is -2.08. The Kier molecular flexibility index (Phi) is 2.95. The molecule has 6 heteroatoms. The second kappa shape index (κ2) is 4.40. The summed E-state index contributed by atoms with van der Waals surface area (Å²) in [4.78, 5) is 8.06. The van der Waals surface area contributed by atoms with Crippen molar-refractivity contribution in [1.29, 1.82) is 0 Å². The maximum Gasteiger partial charge on any atom is 0.138 e. The molecule has 0 saturated heterocycles. The molecule has 0 aliphatic carbocycles. The van der Waals surface area contributed by atoms with Crippen LogP contribution in [0.5, 0.6) is 0 Å². The van der Waals surface area contributed by atoms with Crippen LogP contribution >= 0.6 is 0 Å². The molecule has 0 aromatic carbocycles. The number of nitrogens with two attached hydrogens (primary N) is 1. The highest BCUT2D eigenvalue weighted by molar-refractivity contribution is 5.54. The van der Waals surface area contributed by atoms with Crippen molar-refractivity contribution in [3.8, 4) is 0 Å². The van der Waals surface area contributed by atoms with E-state index in [1.165, 1.54) is 6.33 Å². The number of aryl methyl sites for hydroxylation is 2. The zero-order valence-corrected chi connectivity index (χ0v) is 10.1. The predicted octanol–water partition coefficient (Wildman–Crippen LogP) is 1.58. The van der Waals surface area contributed by atoms with Crippen molar-refractivity contribution in [3.63, 3.8) is 0 Å². The lowest BCUT2D eigenvalue weighted by Crippen LogP contribution is -2.07. The van der Waals surface area contributed by atoms with Gasteiger partial charge < -0.3 is 15.6 Å². The number of nitrogens with one attached hydrogen (secondary N) is 1. The average Bonchev–Trinajstić information content (AvgIpc) is 2.62. The smallest absolute Gasteiger partial charge is 0.138 e. The van der Waals surface area contributed by atoms with Gasteiger partial charge in [-0.05, 0) is 20.8 Å². The summed E-state index contributed by atoms with van der Waals surface area (Å²) in [7, 11) is 0. The first-order valence-corrected chi connectivity index (χ1v) is 5.32. The van der Waals surface area contributed by atoms with Crippen LogP contribution in [0.25, 0.3) is 0 Å². The number of nitrogens with zero attached hydrogens (tertiary/aromatic N) is 3. The minimum Gasteiger partial charge on any atom is -0.383 e. The standard InChI is InChI=1S/C11H15N5O/c1-6-10(12)14-5-15-11(6)13-4-9-7(2)16-17-8(9)3/h5H,4H2,1-3H3,(H3,12,13,14,15). The molecule has 2 aromatic heterocycles. The van der Waals surface area contributed by atoms with E-state index in [0.717, 1.165) is 28.4 Å². The molecule has 0 saturated carbocycles. The molecule has 0 atom stereocenters. The highest BCUT2D eigenvalue weighted by atomic mass is 16.5. The Morgan fingerprint density at radius 3 is 2.71 bits per heavy atom.